The third kappa shape index (κ3) is 3.36. The Bertz CT molecular complexity index is 289. The highest BCUT2D eigenvalue weighted by Gasteiger charge is 2.07. The monoisotopic (exact) mass is 213 g/mol. The fourth-order valence-electron chi connectivity index (χ4n) is 1.05. The van der Waals surface area contributed by atoms with Crippen molar-refractivity contribution in [1.82, 2.24) is 5.32 Å². The number of aliphatic hydroxyl groups is 1. The molecule has 0 aromatic heterocycles. The van der Waals surface area contributed by atoms with Crippen LogP contribution in [0.25, 0.3) is 0 Å². The average Bonchev–Trinajstić information content (AvgIpc) is 2.26. The number of carbonyl (C=O) groups excluding carboxylic acids is 1. The Morgan fingerprint density at radius 2 is 2.07 bits per heavy atom. The standard InChI is InChI=1S/C10H12ClNO2/c11-6-10(14)12-7-9(13)8-4-2-1-3-5-8/h1-5,9,13H,6-7H2,(H,12,14). The summed E-state index contributed by atoms with van der Waals surface area (Å²) in [5.74, 6) is -0.358. The highest BCUT2D eigenvalue weighted by Crippen LogP contribution is 2.10. The van der Waals surface area contributed by atoms with Crippen molar-refractivity contribution in [3.8, 4) is 0 Å². The molecule has 2 N–H and O–H groups in total. The molecule has 3 nitrogen and oxygen atoms in total. The van der Waals surface area contributed by atoms with Crippen LogP contribution in [0.1, 0.15) is 11.7 Å². The van der Waals surface area contributed by atoms with Crippen molar-refractivity contribution < 1.29 is 9.90 Å². The number of hydrogen-bond donors (Lipinski definition) is 2. The van der Waals surface area contributed by atoms with Gasteiger partial charge in [0, 0.05) is 6.54 Å². The maximum absolute atomic E-state index is 10.8. The van der Waals surface area contributed by atoms with Gasteiger partial charge in [0.15, 0.2) is 0 Å². The molecule has 14 heavy (non-hydrogen) atoms. The number of benzene rings is 1. The molecule has 0 radical (unpaired) electrons. The number of amides is 1. The number of rotatable bonds is 4. The molecule has 1 rings (SSSR count). The maximum atomic E-state index is 10.8. The van der Waals surface area contributed by atoms with Crippen LogP contribution < -0.4 is 5.32 Å². The van der Waals surface area contributed by atoms with Gasteiger partial charge in [-0.25, -0.2) is 0 Å². The van der Waals surface area contributed by atoms with Crippen LogP contribution in [0.15, 0.2) is 30.3 Å². The van der Waals surface area contributed by atoms with E-state index in [-0.39, 0.29) is 18.3 Å². The van der Waals surface area contributed by atoms with E-state index >= 15 is 0 Å². The Labute approximate surface area is 87.7 Å². The predicted octanol–water partition coefficient (Wildman–Crippen LogP) is 1.07. The molecular formula is C10H12ClNO2. The van der Waals surface area contributed by atoms with Crippen molar-refractivity contribution in [3.05, 3.63) is 35.9 Å². The minimum Gasteiger partial charge on any atom is -0.387 e. The molecule has 1 amide bonds. The third-order valence-electron chi connectivity index (χ3n) is 1.80. The number of nitrogens with one attached hydrogen (secondary N) is 1. The summed E-state index contributed by atoms with van der Waals surface area (Å²) in [6, 6.07) is 9.15. The molecule has 0 fully saturated rings. The molecule has 0 bridgehead atoms. The molecule has 4 heteroatoms. The molecule has 1 atom stereocenters. The maximum Gasteiger partial charge on any atom is 0.235 e. The van der Waals surface area contributed by atoms with Gasteiger partial charge >= 0.3 is 0 Å². The van der Waals surface area contributed by atoms with Crippen molar-refractivity contribution >= 4 is 17.5 Å². The summed E-state index contributed by atoms with van der Waals surface area (Å²) in [4.78, 5) is 10.8. The van der Waals surface area contributed by atoms with Crippen molar-refractivity contribution in [1.29, 1.82) is 0 Å². The molecule has 0 saturated heterocycles. The molecule has 0 aliphatic rings. The van der Waals surface area contributed by atoms with Crippen LogP contribution >= 0.6 is 11.6 Å². The van der Waals surface area contributed by atoms with Crippen LogP contribution in [0.3, 0.4) is 0 Å². The van der Waals surface area contributed by atoms with Crippen LogP contribution in [-0.4, -0.2) is 23.4 Å². The number of alkyl halides is 1. The minimum absolute atomic E-state index is 0.0818. The number of hydrogen-bond acceptors (Lipinski definition) is 2. The Morgan fingerprint density at radius 1 is 1.43 bits per heavy atom. The Hall–Kier alpha value is -1.06. The number of aliphatic hydroxyl groups excluding tert-OH is 1. The average molecular weight is 214 g/mol. The molecule has 0 spiro atoms. The van der Waals surface area contributed by atoms with Crippen molar-refractivity contribution in [2.75, 3.05) is 12.4 Å². The van der Waals surface area contributed by atoms with E-state index in [9.17, 15) is 9.90 Å². The lowest BCUT2D eigenvalue weighted by Gasteiger charge is -2.11. The first-order valence-corrected chi connectivity index (χ1v) is 4.83. The Morgan fingerprint density at radius 3 is 2.64 bits per heavy atom. The number of halogens is 1. The molecule has 1 unspecified atom stereocenters. The first-order valence-electron chi connectivity index (χ1n) is 4.29. The van der Waals surface area contributed by atoms with E-state index in [1.807, 2.05) is 18.2 Å². The first kappa shape index (κ1) is 11.0. The second-order valence-corrected chi connectivity index (χ2v) is 3.13. The topological polar surface area (TPSA) is 49.3 Å². The molecule has 0 saturated carbocycles. The van der Waals surface area contributed by atoms with Crippen LogP contribution in [0.2, 0.25) is 0 Å². The first-order chi connectivity index (χ1) is 6.74. The van der Waals surface area contributed by atoms with E-state index in [1.54, 1.807) is 12.1 Å². The Kier molecular flexibility index (Phi) is 4.43. The SMILES string of the molecule is O=C(CCl)NCC(O)c1ccccc1. The van der Waals surface area contributed by atoms with Crippen molar-refractivity contribution in [3.63, 3.8) is 0 Å². The van der Waals surface area contributed by atoms with Gasteiger partial charge in [0.2, 0.25) is 5.91 Å². The van der Waals surface area contributed by atoms with Gasteiger partial charge in [-0.15, -0.1) is 11.6 Å². The summed E-state index contributed by atoms with van der Waals surface area (Å²) < 4.78 is 0. The highest BCUT2D eigenvalue weighted by molar-refractivity contribution is 6.27. The van der Waals surface area contributed by atoms with Crippen LogP contribution in [0.5, 0.6) is 0 Å². The second kappa shape index (κ2) is 5.62. The van der Waals surface area contributed by atoms with E-state index in [1.165, 1.54) is 0 Å². The van der Waals surface area contributed by atoms with Gasteiger partial charge in [-0.2, -0.15) is 0 Å². The van der Waals surface area contributed by atoms with E-state index in [0.717, 1.165) is 5.56 Å². The van der Waals surface area contributed by atoms with E-state index in [2.05, 4.69) is 5.32 Å². The van der Waals surface area contributed by atoms with Crippen LogP contribution in [0.4, 0.5) is 0 Å². The van der Waals surface area contributed by atoms with Gasteiger partial charge < -0.3 is 10.4 Å². The summed E-state index contributed by atoms with van der Waals surface area (Å²) in [6.07, 6.45) is -0.677. The van der Waals surface area contributed by atoms with Crippen molar-refractivity contribution in [2.24, 2.45) is 0 Å². The lowest BCUT2D eigenvalue weighted by atomic mass is 10.1. The van der Waals surface area contributed by atoms with E-state index < -0.39 is 6.10 Å². The summed E-state index contributed by atoms with van der Waals surface area (Å²) in [5, 5.41) is 12.1. The molecule has 0 aliphatic heterocycles. The molecule has 1 aromatic rings. The molecule has 1 aromatic carbocycles. The van der Waals surface area contributed by atoms with Gasteiger partial charge in [-0.3, -0.25) is 4.79 Å². The molecule has 0 aliphatic carbocycles. The number of carbonyl (C=O) groups is 1. The fourth-order valence-corrected chi connectivity index (χ4v) is 1.15. The largest absolute Gasteiger partial charge is 0.387 e. The predicted molar refractivity (Wildman–Crippen MR) is 55.1 cm³/mol. The lowest BCUT2D eigenvalue weighted by molar-refractivity contribution is -0.119. The van der Waals surface area contributed by atoms with Gasteiger partial charge in [0.05, 0.1) is 6.10 Å². The van der Waals surface area contributed by atoms with Gasteiger partial charge in [0.25, 0.3) is 0 Å². The highest BCUT2D eigenvalue weighted by atomic mass is 35.5. The normalized spacial score (nSPS) is 12.1. The lowest BCUT2D eigenvalue weighted by Crippen LogP contribution is -2.29. The second-order valence-electron chi connectivity index (χ2n) is 2.86. The zero-order chi connectivity index (χ0) is 10.4. The third-order valence-corrected chi connectivity index (χ3v) is 2.04. The fraction of sp³-hybridized carbons (Fsp3) is 0.300. The molecule has 0 heterocycles. The quantitative estimate of drug-likeness (QED) is 0.736. The van der Waals surface area contributed by atoms with Crippen molar-refractivity contribution in [2.45, 2.75) is 6.10 Å². The van der Waals surface area contributed by atoms with Crippen LogP contribution in [0, 0.1) is 0 Å². The van der Waals surface area contributed by atoms with Gasteiger partial charge in [-0.05, 0) is 5.56 Å². The van der Waals surface area contributed by atoms with E-state index in [0.29, 0.717) is 0 Å². The molecule has 76 valence electrons. The van der Waals surface area contributed by atoms with Gasteiger partial charge in [0.1, 0.15) is 5.88 Å². The zero-order valence-corrected chi connectivity index (χ0v) is 8.37. The Balaban J connectivity index is 2.43. The van der Waals surface area contributed by atoms with E-state index in [4.69, 9.17) is 11.6 Å². The summed E-state index contributed by atoms with van der Waals surface area (Å²) in [6.45, 7) is 0.190. The summed E-state index contributed by atoms with van der Waals surface area (Å²) in [7, 11) is 0. The minimum atomic E-state index is -0.677. The van der Waals surface area contributed by atoms with Gasteiger partial charge in [-0.1, -0.05) is 30.3 Å². The smallest absolute Gasteiger partial charge is 0.235 e. The summed E-state index contributed by atoms with van der Waals surface area (Å²) >= 11 is 5.29. The van der Waals surface area contributed by atoms with Crippen LogP contribution in [-0.2, 0) is 4.79 Å². The zero-order valence-electron chi connectivity index (χ0n) is 7.61. The summed E-state index contributed by atoms with van der Waals surface area (Å²) in [5.41, 5.74) is 0.780. The molecular weight excluding hydrogens is 202 g/mol.